The van der Waals surface area contributed by atoms with E-state index in [0.717, 1.165) is 5.56 Å². The minimum atomic E-state index is -1.97. The molecule has 0 aliphatic carbocycles. The summed E-state index contributed by atoms with van der Waals surface area (Å²) in [5.74, 6) is 1.37. The third kappa shape index (κ3) is 3.10. The minimum absolute atomic E-state index is 0.0948. The van der Waals surface area contributed by atoms with Gasteiger partial charge in [-0.25, -0.2) is 0 Å². The zero-order valence-electron chi connectivity index (χ0n) is 17.4. The summed E-state index contributed by atoms with van der Waals surface area (Å²) in [7, 11) is 0. The number of para-hydroxylation sites is 1. The van der Waals surface area contributed by atoms with Crippen LogP contribution >= 0.6 is 0 Å². The van der Waals surface area contributed by atoms with E-state index in [4.69, 9.17) is 18.9 Å². The van der Waals surface area contributed by atoms with Crippen molar-refractivity contribution >= 4 is 17.4 Å². The summed E-state index contributed by atoms with van der Waals surface area (Å²) < 4.78 is 21.4. The fourth-order valence-corrected chi connectivity index (χ4v) is 4.46. The first-order valence-electron chi connectivity index (χ1n) is 10.5. The molecule has 3 aliphatic rings. The van der Waals surface area contributed by atoms with Crippen LogP contribution in [0.5, 0.6) is 23.0 Å². The zero-order valence-corrected chi connectivity index (χ0v) is 17.4. The molecular weight excluding hydrogens is 426 g/mol. The Morgan fingerprint density at radius 2 is 1.55 bits per heavy atom. The third-order valence-electron chi connectivity index (χ3n) is 6.13. The van der Waals surface area contributed by atoms with Gasteiger partial charge in [0.2, 0.25) is 13.6 Å². The Morgan fingerprint density at radius 1 is 0.879 bits per heavy atom. The standard InChI is InChI=1S/C25H19NO7/c27-19(16-6-8-21-23(10-16)33-14-31-21)11-25(29)17-3-1-2-4-18(17)26(24(25)28)12-15-5-7-20-22(9-15)32-13-30-20/h1-10,29H,11-14H2/t25-/m0/s1. The predicted molar refractivity (Wildman–Crippen MR) is 116 cm³/mol. The zero-order chi connectivity index (χ0) is 22.6. The summed E-state index contributed by atoms with van der Waals surface area (Å²) in [5, 5.41) is 11.5. The van der Waals surface area contributed by atoms with E-state index in [1.54, 1.807) is 48.5 Å². The SMILES string of the molecule is O=C(C[C@@]1(O)C(=O)N(Cc2ccc3c(c2)OCO3)c2ccccc21)c1ccc2c(c1)OCO2. The number of anilines is 1. The van der Waals surface area contributed by atoms with Gasteiger partial charge in [-0.05, 0) is 42.0 Å². The van der Waals surface area contributed by atoms with Crippen molar-refractivity contribution in [2.75, 3.05) is 18.5 Å². The number of amides is 1. The number of carbonyl (C=O) groups excluding carboxylic acids is 2. The Labute approximate surface area is 188 Å². The van der Waals surface area contributed by atoms with Gasteiger partial charge in [0.25, 0.3) is 5.91 Å². The Balaban J connectivity index is 1.30. The number of carbonyl (C=O) groups is 2. The van der Waals surface area contributed by atoms with Crippen LogP contribution in [0.4, 0.5) is 5.69 Å². The number of hydrogen-bond acceptors (Lipinski definition) is 7. The number of ketones is 1. The van der Waals surface area contributed by atoms with E-state index in [1.165, 1.54) is 4.90 Å². The van der Waals surface area contributed by atoms with Gasteiger partial charge >= 0.3 is 0 Å². The minimum Gasteiger partial charge on any atom is -0.454 e. The summed E-state index contributed by atoms with van der Waals surface area (Å²) in [6, 6.07) is 17.3. The highest BCUT2D eigenvalue weighted by molar-refractivity contribution is 6.10. The number of benzene rings is 3. The van der Waals surface area contributed by atoms with Gasteiger partial charge in [-0.1, -0.05) is 24.3 Å². The number of hydrogen-bond donors (Lipinski definition) is 1. The topological polar surface area (TPSA) is 94.5 Å². The van der Waals surface area contributed by atoms with Crippen LogP contribution in [0.1, 0.15) is 27.9 Å². The number of nitrogens with zero attached hydrogens (tertiary/aromatic N) is 1. The van der Waals surface area contributed by atoms with Crippen LogP contribution in [0, 0.1) is 0 Å². The first-order valence-corrected chi connectivity index (χ1v) is 10.5. The fourth-order valence-electron chi connectivity index (χ4n) is 4.46. The van der Waals surface area contributed by atoms with Crippen LogP contribution in [-0.4, -0.2) is 30.4 Å². The molecule has 3 aromatic rings. The Morgan fingerprint density at radius 3 is 2.33 bits per heavy atom. The normalized spacial score (nSPS) is 19.7. The molecule has 0 aromatic heterocycles. The average Bonchev–Trinajstić information content (AvgIpc) is 3.54. The van der Waals surface area contributed by atoms with Crippen LogP contribution in [0.2, 0.25) is 0 Å². The molecule has 8 heteroatoms. The summed E-state index contributed by atoms with van der Waals surface area (Å²) in [6.45, 7) is 0.469. The number of Topliss-reactive ketones (excluding diaryl/α,β-unsaturated/α-hetero) is 1. The first kappa shape index (κ1) is 19.6. The maximum absolute atomic E-state index is 13.5. The third-order valence-corrected chi connectivity index (χ3v) is 6.13. The summed E-state index contributed by atoms with van der Waals surface area (Å²) in [6.07, 6.45) is -0.389. The molecule has 0 saturated carbocycles. The summed E-state index contributed by atoms with van der Waals surface area (Å²) >= 11 is 0. The van der Waals surface area contributed by atoms with Crippen molar-refractivity contribution in [1.29, 1.82) is 0 Å². The van der Waals surface area contributed by atoms with Gasteiger partial charge in [-0.3, -0.25) is 9.59 Å². The monoisotopic (exact) mass is 445 g/mol. The number of ether oxygens (including phenoxy) is 4. The highest BCUT2D eigenvalue weighted by Gasteiger charge is 2.50. The molecule has 0 saturated heterocycles. The van der Waals surface area contributed by atoms with Crippen LogP contribution in [0.15, 0.2) is 60.7 Å². The molecule has 8 nitrogen and oxygen atoms in total. The molecule has 0 bridgehead atoms. The smallest absolute Gasteiger partial charge is 0.264 e. The molecule has 3 aromatic carbocycles. The number of fused-ring (bicyclic) bond motifs is 3. The van der Waals surface area contributed by atoms with Crippen LogP contribution in [-0.2, 0) is 16.9 Å². The molecule has 0 spiro atoms. The van der Waals surface area contributed by atoms with Crippen molar-refractivity contribution in [1.82, 2.24) is 0 Å². The molecule has 3 aliphatic heterocycles. The predicted octanol–water partition coefficient (Wildman–Crippen LogP) is 3.15. The fraction of sp³-hybridized carbons (Fsp3) is 0.200. The van der Waals surface area contributed by atoms with Crippen molar-refractivity contribution in [2.45, 2.75) is 18.6 Å². The van der Waals surface area contributed by atoms with Gasteiger partial charge in [-0.15, -0.1) is 0 Å². The van der Waals surface area contributed by atoms with E-state index >= 15 is 0 Å². The molecule has 0 fully saturated rings. The second-order valence-corrected chi connectivity index (χ2v) is 8.12. The largest absolute Gasteiger partial charge is 0.454 e. The molecule has 33 heavy (non-hydrogen) atoms. The molecule has 3 heterocycles. The van der Waals surface area contributed by atoms with Crippen molar-refractivity contribution in [2.24, 2.45) is 0 Å². The highest BCUT2D eigenvalue weighted by Crippen LogP contribution is 2.44. The molecule has 166 valence electrons. The van der Waals surface area contributed by atoms with Crippen LogP contribution in [0.3, 0.4) is 0 Å². The lowest BCUT2D eigenvalue weighted by molar-refractivity contribution is -0.136. The second kappa shape index (κ2) is 7.25. The molecule has 1 atom stereocenters. The van der Waals surface area contributed by atoms with E-state index in [0.29, 0.717) is 39.8 Å². The second-order valence-electron chi connectivity index (χ2n) is 8.12. The lowest BCUT2D eigenvalue weighted by Gasteiger charge is -2.23. The molecule has 1 amide bonds. The molecule has 0 radical (unpaired) electrons. The average molecular weight is 445 g/mol. The van der Waals surface area contributed by atoms with E-state index in [9.17, 15) is 14.7 Å². The van der Waals surface area contributed by atoms with Gasteiger partial charge < -0.3 is 29.0 Å². The Hall–Kier alpha value is -4.04. The van der Waals surface area contributed by atoms with Gasteiger partial charge in [0.1, 0.15) is 0 Å². The summed E-state index contributed by atoms with van der Waals surface area (Å²) in [4.78, 5) is 28.1. The number of rotatable bonds is 5. The van der Waals surface area contributed by atoms with E-state index < -0.39 is 11.5 Å². The first-order chi connectivity index (χ1) is 16.0. The molecule has 6 rings (SSSR count). The molecule has 1 N–H and O–H groups in total. The van der Waals surface area contributed by atoms with Crippen molar-refractivity contribution in [3.8, 4) is 23.0 Å². The summed E-state index contributed by atoms with van der Waals surface area (Å²) in [5.41, 5.74) is 0.160. The van der Waals surface area contributed by atoms with E-state index in [1.807, 2.05) is 12.1 Å². The van der Waals surface area contributed by atoms with Crippen LogP contribution < -0.4 is 23.8 Å². The maximum Gasteiger partial charge on any atom is 0.264 e. The van der Waals surface area contributed by atoms with Crippen molar-refractivity contribution < 1.29 is 33.6 Å². The lowest BCUT2D eigenvalue weighted by atomic mass is 9.88. The van der Waals surface area contributed by atoms with Gasteiger partial charge in [0.15, 0.2) is 34.4 Å². The van der Waals surface area contributed by atoms with Crippen molar-refractivity contribution in [3.63, 3.8) is 0 Å². The van der Waals surface area contributed by atoms with E-state index in [2.05, 4.69) is 0 Å². The quantitative estimate of drug-likeness (QED) is 0.603. The van der Waals surface area contributed by atoms with E-state index in [-0.39, 0.29) is 32.3 Å². The van der Waals surface area contributed by atoms with Gasteiger partial charge in [0.05, 0.1) is 18.7 Å². The molecule has 0 unspecified atom stereocenters. The van der Waals surface area contributed by atoms with Crippen molar-refractivity contribution in [3.05, 3.63) is 77.4 Å². The lowest BCUT2D eigenvalue weighted by Crippen LogP contribution is -2.41. The maximum atomic E-state index is 13.5. The van der Waals surface area contributed by atoms with Gasteiger partial charge in [0, 0.05) is 11.1 Å². The molecular formula is C25H19NO7. The van der Waals surface area contributed by atoms with Gasteiger partial charge in [-0.2, -0.15) is 0 Å². The Bertz CT molecular complexity index is 1300. The number of aliphatic hydroxyl groups is 1. The van der Waals surface area contributed by atoms with Crippen LogP contribution in [0.25, 0.3) is 0 Å². The highest BCUT2D eigenvalue weighted by atomic mass is 16.7. The Kier molecular flexibility index (Phi) is 4.31.